The highest BCUT2D eigenvalue weighted by molar-refractivity contribution is 8.30. The third kappa shape index (κ3) is 38.6. The molecule has 0 aromatic rings. The SMILES string of the molecule is O=C(CSCSCSCCS(=O)CSCSCSCSC(=O)CSCSCSCC(=O)SCSCCO)SCSCCO. The van der Waals surface area contributed by atoms with Crippen molar-refractivity contribution in [3.63, 3.8) is 0 Å². The minimum Gasteiger partial charge on any atom is -0.396 e. The largest absolute Gasteiger partial charge is 0.396 e. The second-order valence-corrected chi connectivity index (χ2v) is 26.6. The Hall–Kier alpha value is 3.98. The summed E-state index contributed by atoms with van der Waals surface area (Å²) < 4.78 is 12.2. The summed E-state index contributed by atoms with van der Waals surface area (Å²) in [6, 6.07) is 0. The van der Waals surface area contributed by atoms with Gasteiger partial charge >= 0.3 is 0 Å². The maximum Gasteiger partial charge on any atom is 0.199 e. The molecule has 0 aliphatic rings. The van der Waals surface area contributed by atoms with E-state index >= 15 is 0 Å². The summed E-state index contributed by atoms with van der Waals surface area (Å²) in [5.74, 6) is 4.48. The first-order valence-electron chi connectivity index (χ1n) is 12.4. The first-order valence-corrected chi connectivity index (χ1v) is 29.5. The van der Waals surface area contributed by atoms with Gasteiger partial charge in [-0.2, -0.15) is 11.8 Å². The highest BCUT2D eigenvalue weighted by Crippen LogP contribution is 2.25. The molecule has 0 fully saturated rings. The Kier molecular flexibility index (Phi) is 42.4. The van der Waals surface area contributed by atoms with Crippen LogP contribution >= 0.6 is 165 Å². The molecule has 0 spiro atoms. The van der Waals surface area contributed by atoms with E-state index in [0.29, 0.717) is 49.8 Å². The lowest BCUT2D eigenvalue weighted by Crippen LogP contribution is -2.02. The third-order valence-electron chi connectivity index (χ3n) is 3.71. The van der Waals surface area contributed by atoms with Crippen LogP contribution in [0.1, 0.15) is 0 Å². The number of hydrogen-bond donors (Lipinski definition) is 2. The summed E-state index contributed by atoms with van der Waals surface area (Å²) in [4.78, 5) is 35.4. The maximum atomic E-state index is 12.2. The molecule has 0 aromatic carbocycles. The number of aliphatic hydroxyl groups excluding tert-OH is 2. The van der Waals surface area contributed by atoms with Gasteiger partial charge in [0.1, 0.15) is 0 Å². The minimum absolute atomic E-state index is 0.148. The Morgan fingerprint density at radius 2 is 0.791 bits per heavy atom. The quantitative estimate of drug-likeness (QED) is 0.0515. The topological polar surface area (TPSA) is 109 Å². The number of thioether (sulfide) groups is 14. The molecule has 0 aromatic heterocycles. The first kappa shape index (κ1) is 47.0. The van der Waals surface area contributed by atoms with Crippen LogP contribution < -0.4 is 0 Å². The van der Waals surface area contributed by atoms with Crippen LogP contribution in [0, 0.1) is 0 Å². The Morgan fingerprint density at radius 1 is 0.442 bits per heavy atom. The van der Waals surface area contributed by atoms with E-state index in [1.165, 1.54) is 35.3 Å². The maximum absolute atomic E-state index is 12.2. The molecule has 21 heteroatoms. The van der Waals surface area contributed by atoms with E-state index in [9.17, 15) is 18.6 Å². The van der Waals surface area contributed by atoms with Crippen LogP contribution in [0.4, 0.5) is 0 Å². The Labute approximate surface area is 320 Å². The van der Waals surface area contributed by atoms with Crippen LogP contribution in [-0.2, 0) is 25.2 Å². The third-order valence-corrected chi connectivity index (χ3v) is 22.5. The van der Waals surface area contributed by atoms with Gasteiger partial charge in [-0.3, -0.25) is 18.6 Å². The van der Waals surface area contributed by atoms with Crippen molar-refractivity contribution in [1.29, 1.82) is 0 Å². The number of rotatable bonds is 33. The summed E-state index contributed by atoms with van der Waals surface area (Å²) in [6.07, 6.45) is 0. The van der Waals surface area contributed by atoms with Gasteiger partial charge in [-0.1, -0.05) is 35.3 Å². The predicted octanol–water partition coefficient (Wildman–Crippen LogP) is 7.14. The van der Waals surface area contributed by atoms with Crippen LogP contribution in [0.2, 0.25) is 0 Å². The molecule has 254 valence electrons. The molecule has 0 saturated heterocycles. The van der Waals surface area contributed by atoms with Crippen molar-refractivity contribution in [1.82, 2.24) is 0 Å². The van der Waals surface area contributed by atoms with Crippen LogP contribution in [0.5, 0.6) is 0 Å². The summed E-state index contributed by atoms with van der Waals surface area (Å²) >= 11 is 22.6. The Balaban J connectivity index is 3.35. The monoisotopic (exact) mass is 880 g/mol. The molecule has 6 nitrogen and oxygen atoms in total. The molecule has 1 unspecified atom stereocenters. The second kappa shape index (κ2) is 38.8. The lowest BCUT2D eigenvalue weighted by atomic mass is 10.9. The van der Waals surface area contributed by atoms with E-state index < -0.39 is 10.8 Å². The van der Waals surface area contributed by atoms with Crippen LogP contribution in [0.3, 0.4) is 0 Å². The van der Waals surface area contributed by atoms with Crippen LogP contribution in [0.25, 0.3) is 0 Å². The summed E-state index contributed by atoms with van der Waals surface area (Å²) in [6.45, 7) is 0.302. The molecule has 0 bridgehead atoms. The molecule has 0 amide bonds. The fraction of sp³-hybridized carbons (Fsp3) is 0.864. The van der Waals surface area contributed by atoms with Crippen molar-refractivity contribution in [3.05, 3.63) is 0 Å². The van der Waals surface area contributed by atoms with Crippen molar-refractivity contribution in [2.75, 3.05) is 104 Å². The van der Waals surface area contributed by atoms with Gasteiger partial charge < -0.3 is 10.2 Å². The van der Waals surface area contributed by atoms with Crippen molar-refractivity contribution >= 4 is 191 Å². The van der Waals surface area contributed by atoms with Gasteiger partial charge in [0.25, 0.3) is 0 Å². The number of aliphatic hydroxyl groups is 2. The van der Waals surface area contributed by atoms with E-state index in [-0.39, 0.29) is 28.6 Å². The van der Waals surface area contributed by atoms with Crippen LogP contribution in [-0.4, -0.2) is 134 Å². The van der Waals surface area contributed by atoms with Gasteiger partial charge in [0.05, 0.1) is 35.6 Å². The molecular formula is C22H40O6S15. The average Bonchev–Trinajstić information content (AvgIpc) is 2.99. The first-order chi connectivity index (χ1) is 21.0. The molecule has 0 rings (SSSR count). The van der Waals surface area contributed by atoms with Gasteiger partial charge in [-0.05, 0) is 0 Å². The van der Waals surface area contributed by atoms with Crippen molar-refractivity contribution in [2.45, 2.75) is 0 Å². The Bertz CT molecular complexity index is 710. The standard InChI is InChI=1S/C22H40O6S15/c23-1-3-29-16-40-20(25)7-32-11-35-10-31-5-6-43(28)19-39-15-37-14-38-18-42-22(27)9-34-13-36-12-33-8-21(26)41-17-30-4-2-24/h23-24H,1-19H2. The molecule has 0 heterocycles. The van der Waals surface area contributed by atoms with Gasteiger partial charge in [-0.15, -0.1) is 118 Å². The fourth-order valence-corrected chi connectivity index (χ4v) is 19.1. The number of carbonyl (C=O) groups is 3. The van der Waals surface area contributed by atoms with Crippen molar-refractivity contribution in [2.24, 2.45) is 0 Å². The van der Waals surface area contributed by atoms with E-state index in [4.69, 9.17) is 10.2 Å². The zero-order valence-corrected chi connectivity index (χ0v) is 35.8. The Morgan fingerprint density at radius 3 is 1.26 bits per heavy atom. The van der Waals surface area contributed by atoms with E-state index in [1.54, 1.807) is 129 Å². The highest BCUT2D eigenvalue weighted by Gasteiger charge is 2.06. The summed E-state index contributed by atoms with van der Waals surface area (Å²) in [5.41, 5.74) is 0. The fourth-order valence-electron chi connectivity index (χ4n) is 1.96. The second-order valence-electron chi connectivity index (χ2n) is 7.11. The van der Waals surface area contributed by atoms with Crippen molar-refractivity contribution < 1.29 is 28.8 Å². The van der Waals surface area contributed by atoms with Gasteiger partial charge in [0.15, 0.2) is 15.3 Å². The molecule has 0 aliphatic carbocycles. The molecule has 0 saturated carbocycles. The normalized spacial score (nSPS) is 12.0. The number of hydrogen-bond acceptors (Lipinski definition) is 20. The van der Waals surface area contributed by atoms with Gasteiger partial charge in [0, 0.05) is 79.6 Å². The lowest BCUT2D eigenvalue weighted by molar-refractivity contribution is -0.109. The smallest absolute Gasteiger partial charge is 0.199 e. The van der Waals surface area contributed by atoms with E-state index in [1.807, 2.05) is 0 Å². The number of carbonyl (C=O) groups excluding carboxylic acids is 3. The predicted molar refractivity (Wildman–Crippen MR) is 226 cm³/mol. The lowest BCUT2D eigenvalue weighted by Gasteiger charge is -2.04. The molecular weight excluding hydrogens is 841 g/mol. The molecule has 2 N–H and O–H groups in total. The summed E-state index contributed by atoms with van der Waals surface area (Å²) in [5, 5.41) is 26.2. The van der Waals surface area contributed by atoms with Gasteiger partial charge in [0.2, 0.25) is 0 Å². The van der Waals surface area contributed by atoms with Crippen LogP contribution in [0.15, 0.2) is 0 Å². The minimum atomic E-state index is -0.801. The zero-order chi connectivity index (χ0) is 31.6. The average molecular weight is 882 g/mol. The van der Waals surface area contributed by atoms with E-state index in [0.717, 1.165) is 41.3 Å². The molecule has 1 atom stereocenters. The molecule has 43 heavy (non-hydrogen) atoms. The van der Waals surface area contributed by atoms with E-state index in [2.05, 4.69) is 0 Å². The molecule has 0 aliphatic heterocycles. The summed E-state index contributed by atoms with van der Waals surface area (Å²) in [7, 11) is -0.801. The van der Waals surface area contributed by atoms with Crippen molar-refractivity contribution in [3.8, 4) is 0 Å². The highest BCUT2D eigenvalue weighted by atomic mass is 32.3. The molecule has 0 radical (unpaired) electrons. The van der Waals surface area contributed by atoms with Gasteiger partial charge in [-0.25, -0.2) is 0 Å². The zero-order valence-electron chi connectivity index (χ0n) is 23.6.